The van der Waals surface area contributed by atoms with Gasteiger partial charge in [-0.3, -0.25) is 9.59 Å². The summed E-state index contributed by atoms with van der Waals surface area (Å²) in [4.78, 5) is 41.0. The van der Waals surface area contributed by atoms with Crippen molar-refractivity contribution in [3.63, 3.8) is 0 Å². The fraction of sp³-hybridized carbons (Fsp3) is 0.118. The molecular formula is C17H12ClNO4. The fourth-order valence-corrected chi connectivity index (χ4v) is 2.55. The summed E-state index contributed by atoms with van der Waals surface area (Å²) in [6, 6.07) is 13.4. The van der Waals surface area contributed by atoms with E-state index in [1.54, 1.807) is 30.3 Å². The van der Waals surface area contributed by atoms with Crippen molar-refractivity contribution in [1.29, 1.82) is 0 Å². The molecule has 0 bridgehead atoms. The van der Waals surface area contributed by atoms with Crippen LogP contribution in [0.25, 0.3) is 0 Å². The number of hydrogen-bond donors (Lipinski definition) is 0. The first-order valence-corrected chi connectivity index (χ1v) is 7.37. The van der Waals surface area contributed by atoms with Gasteiger partial charge in [0, 0.05) is 5.02 Å². The third-order valence-electron chi connectivity index (χ3n) is 3.46. The Morgan fingerprint density at radius 3 is 2.26 bits per heavy atom. The highest BCUT2D eigenvalue weighted by molar-refractivity contribution is 6.30. The molecule has 116 valence electrons. The van der Waals surface area contributed by atoms with Gasteiger partial charge in [-0.2, -0.15) is 0 Å². The Labute approximate surface area is 137 Å². The predicted octanol–water partition coefficient (Wildman–Crippen LogP) is 3.03. The van der Waals surface area contributed by atoms with Crippen molar-refractivity contribution in [3.05, 3.63) is 70.2 Å². The second-order valence-corrected chi connectivity index (χ2v) is 5.48. The van der Waals surface area contributed by atoms with E-state index in [4.69, 9.17) is 16.4 Å². The number of fused-ring (bicyclic) bond motifs is 1. The van der Waals surface area contributed by atoms with Crippen molar-refractivity contribution in [3.8, 4) is 0 Å². The fourth-order valence-electron chi connectivity index (χ4n) is 2.34. The van der Waals surface area contributed by atoms with Crippen LogP contribution in [-0.4, -0.2) is 22.8 Å². The number of hydroxylamine groups is 2. The van der Waals surface area contributed by atoms with Gasteiger partial charge < -0.3 is 4.84 Å². The molecule has 23 heavy (non-hydrogen) atoms. The highest BCUT2D eigenvalue weighted by Crippen LogP contribution is 2.23. The average molecular weight is 330 g/mol. The van der Waals surface area contributed by atoms with E-state index in [2.05, 4.69) is 0 Å². The molecule has 0 radical (unpaired) electrons. The minimum atomic E-state index is -0.653. The third kappa shape index (κ3) is 3.10. The molecule has 2 aromatic carbocycles. The molecule has 0 atom stereocenters. The van der Waals surface area contributed by atoms with Gasteiger partial charge in [0.15, 0.2) is 0 Å². The maximum Gasteiger partial charge on any atom is 0.333 e. The normalized spacial score (nSPS) is 13.2. The Bertz CT molecular complexity index is 768. The number of benzene rings is 2. The van der Waals surface area contributed by atoms with Crippen molar-refractivity contribution in [2.24, 2.45) is 0 Å². The number of carbonyl (C=O) groups is 3. The van der Waals surface area contributed by atoms with Crippen LogP contribution in [0.1, 0.15) is 32.7 Å². The van der Waals surface area contributed by atoms with E-state index < -0.39 is 17.8 Å². The molecule has 0 saturated heterocycles. The van der Waals surface area contributed by atoms with Crippen molar-refractivity contribution < 1.29 is 19.2 Å². The zero-order valence-corrected chi connectivity index (χ0v) is 12.7. The standard InChI is InChI=1S/C17H12ClNO4/c18-12-5-3-4-11(10-12)8-9-15(20)23-19-16(21)13-6-1-2-7-14(13)17(19)22/h1-7,10H,8-9H2. The number of imide groups is 1. The Morgan fingerprint density at radius 2 is 1.65 bits per heavy atom. The minimum absolute atomic E-state index is 0.0355. The molecule has 2 aromatic rings. The number of carbonyl (C=O) groups excluding carboxylic acids is 3. The first kappa shape index (κ1) is 15.2. The van der Waals surface area contributed by atoms with Gasteiger partial charge in [-0.1, -0.05) is 40.9 Å². The highest BCUT2D eigenvalue weighted by atomic mass is 35.5. The highest BCUT2D eigenvalue weighted by Gasteiger charge is 2.38. The number of aryl methyl sites for hydroxylation is 1. The zero-order valence-electron chi connectivity index (χ0n) is 12.0. The van der Waals surface area contributed by atoms with Crippen molar-refractivity contribution in [2.45, 2.75) is 12.8 Å². The molecule has 5 nitrogen and oxygen atoms in total. The van der Waals surface area contributed by atoms with Gasteiger partial charge in [0.1, 0.15) is 0 Å². The van der Waals surface area contributed by atoms with Gasteiger partial charge in [-0.25, -0.2) is 4.79 Å². The molecule has 0 spiro atoms. The second-order valence-electron chi connectivity index (χ2n) is 5.04. The van der Waals surface area contributed by atoms with Crippen LogP contribution in [-0.2, 0) is 16.1 Å². The summed E-state index contributed by atoms with van der Waals surface area (Å²) in [6.45, 7) is 0. The molecule has 2 amide bonds. The quantitative estimate of drug-likeness (QED) is 0.809. The summed E-state index contributed by atoms with van der Waals surface area (Å²) < 4.78 is 0. The summed E-state index contributed by atoms with van der Waals surface area (Å²) in [5, 5.41) is 1.10. The van der Waals surface area contributed by atoms with Crippen LogP contribution >= 0.6 is 11.6 Å². The maximum absolute atomic E-state index is 12.1. The van der Waals surface area contributed by atoms with E-state index in [1.165, 1.54) is 12.1 Å². The van der Waals surface area contributed by atoms with Gasteiger partial charge in [-0.15, -0.1) is 0 Å². The lowest BCUT2D eigenvalue weighted by atomic mass is 10.1. The molecule has 1 aliphatic rings. The molecule has 3 rings (SSSR count). The zero-order chi connectivity index (χ0) is 16.4. The molecule has 0 unspecified atom stereocenters. The minimum Gasteiger partial charge on any atom is -0.330 e. The first-order chi connectivity index (χ1) is 11.1. The van der Waals surface area contributed by atoms with E-state index in [0.29, 0.717) is 16.5 Å². The van der Waals surface area contributed by atoms with E-state index in [-0.39, 0.29) is 17.5 Å². The third-order valence-corrected chi connectivity index (χ3v) is 3.69. The van der Waals surface area contributed by atoms with E-state index >= 15 is 0 Å². The average Bonchev–Trinajstić information content (AvgIpc) is 2.79. The smallest absolute Gasteiger partial charge is 0.330 e. The number of nitrogens with zero attached hydrogens (tertiary/aromatic N) is 1. The number of halogens is 1. The van der Waals surface area contributed by atoms with Crippen molar-refractivity contribution in [1.82, 2.24) is 5.06 Å². The lowest BCUT2D eigenvalue weighted by Crippen LogP contribution is -2.32. The van der Waals surface area contributed by atoms with Gasteiger partial charge in [0.25, 0.3) is 11.8 Å². The van der Waals surface area contributed by atoms with Gasteiger partial charge in [-0.05, 0) is 36.2 Å². The topological polar surface area (TPSA) is 63.7 Å². The van der Waals surface area contributed by atoms with Crippen LogP contribution in [0.15, 0.2) is 48.5 Å². The molecule has 0 aliphatic carbocycles. The maximum atomic E-state index is 12.1. The summed E-state index contributed by atoms with van der Waals surface area (Å²) in [6.07, 6.45) is 0.441. The molecular weight excluding hydrogens is 318 g/mol. The molecule has 1 heterocycles. The lowest BCUT2D eigenvalue weighted by molar-refractivity contribution is -0.168. The summed E-state index contributed by atoms with van der Waals surface area (Å²) >= 11 is 5.87. The summed E-state index contributed by atoms with van der Waals surface area (Å²) in [5.41, 5.74) is 1.34. The predicted molar refractivity (Wildman–Crippen MR) is 82.8 cm³/mol. The Balaban J connectivity index is 1.63. The first-order valence-electron chi connectivity index (χ1n) is 6.99. The molecule has 0 N–H and O–H groups in total. The molecule has 6 heteroatoms. The Kier molecular flexibility index (Phi) is 4.12. The summed E-state index contributed by atoms with van der Waals surface area (Å²) in [5.74, 6) is -1.90. The molecule has 1 aliphatic heterocycles. The van der Waals surface area contributed by atoms with Crippen LogP contribution in [0, 0.1) is 0 Å². The van der Waals surface area contributed by atoms with Crippen LogP contribution in [0.3, 0.4) is 0 Å². The van der Waals surface area contributed by atoms with Gasteiger partial charge >= 0.3 is 5.97 Å². The monoisotopic (exact) mass is 329 g/mol. The van der Waals surface area contributed by atoms with Crippen LogP contribution in [0.5, 0.6) is 0 Å². The molecule has 0 fully saturated rings. The van der Waals surface area contributed by atoms with E-state index in [9.17, 15) is 14.4 Å². The summed E-state index contributed by atoms with van der Waals surface area (Å²) in [7, 11) is 0. The SMILES string of the molecule is O=C(CCc1cccc(Cl)c1)ON1C(=O)c2ccccc2C1=O. The Hall–Kier alpha value is -2.66. The Morgan fingerprint density at radius 1 is 1.00 bits per heavy atom. The number of hydrogen-bond acceptors (Lipinski definition) is 4. The van der Waals surface area contributed by atoms with E-state index in [0.717, 1.165) is 5.56 Å². The van der Waals surface area contributed by atoms with E-state index in [1.807, 2.05) is 6.07 Å². The van der Waals surface area contributed by atoms with Crippen molar-refractivity contribution >= 4 is 29.4 Å². The van der Waals surface area contributed by atoms with Crippen LogP contribution in [0.2, 0.25) is 5.02 Å². The second kappa shape index (κ2) is 6.22. The van der Waals surface area contributed by atoms with Gasteiger partial charge in [0.05, 0.1) is 17.5 Å². The molecule has 0 saturated carbocycles. The number of amides is 2. The molecule has 0 aromatic heterocycles. The largest absolute Gasteiger partial charge is 0.333 e. The van der Waals surface area contributed by atoms with Gasteiger partial charge in [0.2, 0.25) is 0 Å². The van der Waals surface area contributed by atoms with Crippen LogP contribution in [0.4, 0.5) is 0 Å². The van der Waals surface area contributed by atoms with Crippen LogP contribution < -0.4 is 0 Å². The van der Waals surface area contributed by atoms with Crippen molar-refractivity contribution in [2.75, 3.05) is 0 Å². The lowest BCUT2D eigenvalue weighted by Gasteiger charge is -2.12. The number of rotatable bonds is 4.